The molecule has 2 aromatic rings. The van der Waals surface area contributed by atoms with Crippen molar-refractivity contribution < 1.29 is 8.42 Å². The van der Waals surface area contributed by atoms with E-state index in [1.165, 1.54) is 12.6 Å². The molecule has 1 aromatic heterocycles. The molecule has 0 unspecified atom stereocenters. The van der Waals surface area contributed by atoms with E-state index in [4.69, 9.17) is 0 Å². The van der Waals surface area contributed by atoms with Gasteiger partial charge in [0, 0.05) is 20.1 Å². The van der Waals surface area contributed by atoms with E-state index in [0.29, 0.717) is 19.0 Å². The average molecular weight is 352 g/mol. The topological polar surface area (TPSA) is 82.6 Å². The van der Waals surface area contributed by atoms with Crippen LogP contribution in [-0.2, 0) is 23.1 Å². The first kappa shape index (κ1) is 17.5. The first-order chi connectivity index (χ1) is 11.0. The second-order valence-corrected chi connectivity index (χ2v) is 7.43. The molecule has 0 amide bonds. The zero-order valence-corrected chi connectivity index (χ0v) is 14.7. The molecule has 0 saturated heterocycles. The Balaban J connectivity index is 1.89. The SMILES string of the molecule is CN=C(NCc1ccc(S(=O)(=O)NC)cc1)NCc1ccsc1. The molecular formula is C15H20N4O2S2. The Morgan fingerprint density at radius 3 is 2.26 bits per heavy atom. The van der Waals surface area contributed by atoms with Gasteiger partial charge < -0.3 is 10.6 Å². The molecule has 0 aliphatic rings. The molecule has 8 heteroatoms. The highest BCUT2D eigenvalue weighted by Gasteiger charge is 2.10. The highest BCUT2D eigenvalue weighted by atomic mass is 32.2. The van der Waals surface area contributed by atoms with Crippen molar-refractivity contribution in [2.75, 3.05) is 14.1 Å². The average Bonchev–Trinajstić information content (AvgIpc) is 3.09. The van der Waals surface area contributed by atoms with Gasteiger partial charge in [-0.05, 0) is 47.1 Å². The van der Waals surface area contributed by atoms with Gasteiger partial charge in [0.2, 0.25) is 10.0 Å². The Labute approximate surface area is 140 Å². The maximum absolute atomic E-state index is 11.7. The minimum atomic E-state index is -3.39. The molecule has 6 nitrogen and oxygen atoms in total. The quantitative estimate of drug-likeness (QED) is 0.544. The Morgan fingerprint density at radius 2 is 1.74 bits per heavy atom. The zero-order chi connectivity index (χ0) is 16.7. The van der Waals surface area contributed by atoms with Crippen molar-refractivity contribution in [2.45, 2.75) is 18.0 Å². The van der Waals surface area contributed by atoms with E-state index in [1.807, 2.05) is 5.38 Å². The van der Waals surface area contributed by atoms with E-state index >= 15 is 0 Å². The Bertz CT molecular complexity index is 738. The fourth-order valence-electron chi connectivity index (χ4n) is 1.89. The van der Waals surface area contributed by atoms with Crippen LogP contribution in [0.15, 0.2) is 51.0 Å². The van der Waals surface area contributed by atoms with Crippen molar-refractivity contribution in [2.24, 2.45) is 4.99 Å². The smallest absolute Gasteiger partial charge is 0.240 e. The van der Waals surface area contributed by atoms with Crippen LogP contribution < -0.4 is 15.4 Å². The van der Waals surface area contributed by atoms with E-state index in [0.717, 1.165) is 5.56 Å². The maximum atomic E-state index is 11.7. The predicted octanol–water partition coefficient (Wildman–Crippen LogP) is 1.52. The monoisotopic (exact) mass is 352 g/mol. The van der Waals surface area contributed by atoms with Gasteiger partial charge in [-0.1, -0.05) is 12.1 Å². The first-order valence-electron chi connectivity index (χ1n) is 7.03. The third kappa shape index (κ3) is 5.05. The molecular weight excluding hydrogens is 332 g/mol. The van der Waals surface area contributed by atoms with Crippen molar-refractivity contribution in [3.8, 4) is 0 Å². The van der Waals surface area contributed by atoms with E-state index in [9.17, 15) is 8.42 Å². The van der Waals surface area contributed by atoms with Crippen LogP contribution in [0, 0.1) is 0 Å². The van der Waals surface area contributed by atoms with Gasteiger partial charge in [-0.25, -0.2) is 13.1 Å². The Morgan fingerprint density at radius 1 is 1.09 bits per heavy atom. The molecule has 2 rings (SSSR count). The third-order valence-corrected chi connectivity index (χ3v) is 5.39. The molecule has 0 radical (unpaired) electrons. The van der Waals surface area contributed by atoms with Crippen LogP contribution in [0.1, 0.15) is 11.1 Å². The van der Waals surface area contributed by atoms with Crippen LogP contribution in [0.25, 0.3) is 0 Å². The van der Waals surface area contributed by atoms with Gasteiger partial charge in [-0.2, -0.15) is 11.3 Å². The number of hydrogen-bond acceptors (Lipinski definition) is 4. The number of benzene rings is 1. The van der Waals surface area contributed by atoms with Crippen LogP contribution >= 0.6 is 11.3 Å². The van der Waals surface area contributed by atoms with Crippen LogP contribution in [0.4, 0.5) is 0 Å². The summed E-state index contributed by atoms with van der Waals surface area (Å²) in [5.41, 5.74) is 2.18. The zero-order valence-electron chi connectivity index (χ0n) is 13.0. The summed E-state index contributed by atoms with van der Waals surface area (Å²) < 4.78 is 25.6. The number of hydrogen-bond donors (Lipinski definition) is 3. The number of aliphatic imine (C=N–C) groups is 1. The number of thiophene rings is 1. The summed E-state index contributed by atoms with van der Waals surface area (Å²) in [6, 6.07) is 8.80. The molecule has 0 spiro atoms. The number of nitrogens with zero attached hydrogens (tertiary/aromatic N) is 1. The van der Waals surface area contributed by atoms with Crippen LogP contribution in [-0.4, -0.2) is 28.5 Å². The summed E-state index contributed by atoms with van der Waals surface area (Å²) in [6.45, 7) is 1.27. The number of rotatable bonds is 6. The van der Waals surface area contributed by atoms with Gasteiger partial charge in [0.15, 0.2) is 5.96 Å². The molecule has 124 valence electrons. The minimum absolute atomic E-state index is 0.253. The molecule has 0 aliphatic carbocycles. The summed E-state index contributed by atoms with van der Waals surface area (Å²) in [5, 5.41) is 10.5. The van der Waals surface area contributed by atoms with Crippen molar-refractivity contribution in [3.63, 3.8) is 0 Å². The van der Waals surface area contributed by atoms with E-state index < -0.39 is 10.0 Å². The van der Waals surface area contributed by atoms with Gasteiger partial charge in [0.1, 0.15) is 0 Å². The number of guanidine groups is 1. The second kappa shape index (κ2) is 8.09. The van der Waals surface area contributed by atoms with Crippen molar-refractivity contribution in [3.05, 3.63) is 52.2 Å². The van der Waals surface area contributed by atoms with Gasteiger partial charge in [0.25, 0.3) is 0 Å². The van der Waals surface area contributed by atoms with Crippen LogP contribution in [0.2, 0.25) is 0 Å². The van der Waals surface area contributed by atoms with Gasteiger partial charge in [-0.3, -0.25) is 4.99 Å². The summed E-state index contributed by atoms with van der Waals surface area (Å²) in [7, 11) is -0.280. The molecule has 1 aromatic carbocycles. The molecule has 1 heterocycles. The molecule has 0 bridgehead atoms. The highest BCUT2D eigenvalue weighted by molar-refractivity contribution is 7.89. The van der Waals surface area contributed by atoms with Crippen molar-refractivity contribution in [1.82, 2.24) is 15.4 Å². The maximum Gasteiger partial charge on any atom is 0.240 e. The molecule has 0 saturated carbocycles. The number of sulfonamides is 1. The standard InChI is InChI=1S/C15H20N4O2S2/c1-16-15(19-10-13-7-8-22-11-13)18-9-12-3-5-14(6-4-12)23(20,21)17-2/h3-8,11,17H,9-10H2,1-2H3,(H2,16,18,19). The molecule has 23 heavy (non-hydrogen) atoms. The lowest BCUT2D eigenvalue weighted by molar-refractivity contribution is 0.588. The summed E-state index contributed by atoms with van der Waals surface area (Å²) in [5.74, 6) is 0.697. The van der Waals surface area contributed by atoms with E-state index in [1.54, 1.807) is 42.6 Å². The molecule has 3 N–H and O–H groups in total. The molecule has 0 atom stereocenters. The summed E-state index contributed by atoms with van der Waals surface area (Å²) >= 11 is 1.66. The number of nitrogens with one attached hydrogen (secondary N) is 3. The van der Waals surface area contributed by atoms with E-state index in [-0.39, 0.29) is 4.90 Å². The fraction of sp³-hybridized carbons (Fsp3) is 0.267. The lowest BCUT2D eigenvalue weighted by Gasteiger charge is -2.11. The van der Waals surface area contributed by atoms with Crippen LogP contribution in [0.3, 0.4) is 0 Å². The van der Waals surface area contributed by atoms with Gasteiger partial charge >= 0.3 is 0 Å². The van der Waals surface area contributed by atoms with Gasteiger partial charge in [0.05, 0.1) is 4.90 Å². The first-order valence-corrected chi connectivity index (χ1v) is 9.46. The lowest BCUT2D eigenvalue weighted by Crippen LogP contribution is -2.36. The Hall–Kier alpha value is -1.90. The van der Waals surface area contributed by atoms with E-state index in [2.05, 4.69) is 31.8 Å². The Kier molecular flexibility index (Phi) is 6.14. The molecule has 0 fully saturated rings. The van der Waals surface area contributed by atoms with Crippen LogP contribution in [0.5, 0.6) is 0 Å². The highest BCUT2D eigenvalue weighted by Crippen LogP contribution is 2.10. The van der Waals surface area contributed by atoms with Crippen molar-refractivity contribution in [1.29, 1.82) is 0 Å². The summed E-state index contributed by atoms with van der Waals surface area (Å²) in [4.78, 5) is 4.42. The minimum Gasteiger partial charge on any atom is -0.352 e. The van der Waals surface area contributed by atoms with Crippen molar-refractivity contribution >= 4 is 27.3 Å². The van der Waals surface area contributed by atoms with Gasteiger partial charge in [-0.15, -0.1) is 0 Å². The molecule has 0 aliphatic heterocycles. The fourth-order valence-corrected chi connectivity index (χ4v) is 3.29. The largest absolute Gasteiger partial charge is 0.352 e. The third-order valence-electron chi connectivity index (χ3n) is 3.23. The summed E-state index contributed by atoms with van der Waals surface area (Å²) in [6.07, 6.45) is 0. The second-order valence-electron chi connectivity index (χ2n) is 4.76. The normalized spacial score (nSPS) is 12.2. The predicted molar refractivity (Wildman–Crippen MR) is 94.0 cm³/mol. The lowest BCUT2D eigenvalue weighted by atomic mass is 10.2.